The number of methoxy groups -OCH3 is 1. The molecule has 1 aliphatic heterocycles. The molecule has 0 aliphatic carbocycles. The smallest absolute Gasteiger partial charge is 0.247 e. The molecule has 1 aliphatic rings. The summed E-state index contributed by atoms with van der Waals surface area (Å²) in [4.78, 5) is 37.6. The molecule has 0 spiro atoms. The van der Waals surface area contributed by atoms with Crippen molar-refractivity contribution in [3.63, 3.8) is 0 Å². The van der Waals surface area contributed by atoms with E-state index >= 15 is 0 Å². The van der Waals surface area contributed by atoms with Crippen LogP contribution in [0.25, 0.3) is 0 Å². The van der Waals surface area contributed by atoms with Crippen molar-refractivity contribution in [2.75, 3.05) is 32.1 Å². The molecule has 2 rings (SSSR count). The third-order valence-electron chi connectivity index (χ3n) is 4.11. The first-order valence-corrected chi connectivity index (χ1v) is 8.18. The van der Waals surface area contributed by atoms with Gasteiger partial charge in [0.25, 0.3) is 0 Å². The molecule has 0 saturated carbocycles. The fourth-order valence-electron chi connectivity index (χ4n) is 2.82. The highest BCUT2D eigenvalue weighted by atomic mass is 16.5. The monoisotopic (exact) mass is 348 g/mol. The standard InChI is InChI=1S/C17H24N4O4/c1-11-5-6-14(25-2)12(8-11)20-17(24)13-4-3-7-21(13)16(23)10-19-15(22)9-18/h5-6,8,13H,3-4,7,9-10,18H2,1-2H3,(H,19,22)(H,20,24). The van der Waals surface area contributed by atoms with Gasteiger partial charge in [0.2, 0.25) is 17.7 Å². The lowest BCUT2D eigenvalue weighted by molar-refractivity contribution is -0.137. The minimum Gasteiger partial charge on any atom is -0.495 e. The summed E-state index contributed by atoms with van der Waals surface area (Å²) in [6, 6.07) is 4.93. The number of nitrogens with zero attached hydrogens (tertiary/aromatic N) is 1. The van der Waals surface area contributed by atoms with Crippen LogP contribution in [0, 0.1) is 6.92 Å². The Balaban J connectivity index is 2.04. The Morgan fingerprint density at radius 2 is 2.12 bits per heavy atom. The largest absolute Gasteiger partial charge is 0.495 e. The SMILES string of the molecule is COc1ccc(C)cc1NC(=O)C1CCCN1C(=O)CNC(=O)CN. The highest BCUT2D eigenvalue weighted by Gasteiger charge is 2.34. The molecule has 0 bridgehead atoms. The van der Waals surface area contributed by atoms with Crippen molar-refractivity contribution in [2.45, 2.75) is 25.8 Å². The minimum absolute atomic E-state index is 0.159. The van der Waals surface area contributed by atoms with Crippen LogP contribution in [-0.4, -0.2) is 55.4 Å². The van der Waals surface area contributed by atoms with Gasteiger partial charge in [-0.2, -0.15) is 0 Å². The van der Waals surface area contributed by atoms with E-state index in [2.05, 4.69) is 10.6 Å². The number of nitrogens with two attached hydrogens (primary N) is 1. The molecule has 1 unspecified atom stereocenters. The predicted molar refractivity (Wildman–Crippen MR) is 93.2 cm³/mol. The number of amides is 3. The molecule has 0 radical (unpaired) electrons. The van der Waals surface area contributed by atoms with Gasteiger partial charge in [0.15, 0.2) is 0 Å². The number of ether oxygens (including phenoxy) is 1. The van der Waals surface area contributed by atoms with E-state index in [-0.39, 0.29) is 24.9 Å². The van der Waals surface area contributed by atoms with Crippen molar-refractivity contribution in [3.05, 3.63) is 23.8 Å². The molecule has 1 heterocycles. The van der Waals surface area contributed by atoms with Crippen molar-refractivity contribution in [1.29, 1.82) is 0 Å². The van der Waals surface area contributed by atoms with Crippen LogP contribution < -0.4 is 21.1 Å². The zero-order valence-electron chi connectivity index (χ0n) is 14.5. The maximum atomic E-state index is 12.6. The molecule has 136 valence electrons. The van der Waals surface area contributed by atoms with Crippen molar-refractivity contribution >= 4 is 23.4 Å². The summed E-state index contributed by atoms with van der Waals surface area (Å²) in [5.41, 5.74) is 6.76. The second-order valence-electron chi connectivity index (χ2n) is 5.92. The van der Waals surface area contributed by atoms with Crippen LogP contribution in [0.5, 0.6) is 5.75 Å². The van der Waals surface area contributed by atoms with E-state index in [4.69, 9.17) is 10.5 Å². The van der Waals surface area contributed by atoms with Gasteiger partial charge in [-0.3, -0.25) is 14.4 Å². The number of aryl methyl sites for hydroxylation is 1. The summed E-state index contributed by atoms with van der Waals surface area (Å²) < 4.78 is 5.26. The molecule has 1 saturated heterocycles. The highest BCUT2D eigenvalue weighted by molar-refractivity contribution is 5.99. The van der Waals surface area contributed by atoms with Crippen LogP contribution in [0.2, 0.25) is 0 Å². The van der Waals surface area contributed by atoms with Crippen molar-refractivity contribution < 1.29 is 19.1 Å². The van der Waals surface area contributed by atoms with E-state index in [1.807, 2.05) is 19.1 Å². The van der Waals surface area contributed by atoms with Crippen molar-refractivity contribution in [3.8, 4) is 5.75 Å². The predicted octanol–water partition coefficient (Wildman–Crippen LogP) is 0.00802. The molecule has 3 amide bonds. The van der Waals surface area contributed by atoms with E-state index in [9.17, 15) is 14.4 Å². The van der Waals surface area contributed by atoms with Crippen molar-refractivity contribution in [2.24, 2.45) is 5.73 Å². The van der Waals surface area contributed by atoms with Crippen molar-refractivity contribution in [1.82, 2.24) is 10.2 Å². The lowest BCUT2D eigenvalue weighted by atomic mass is 10.1. The van der Waals surface area contributed by atoms with Crippen LogP contribution in [0.15, 0.2) is 18.2 Å². The van der Waals surface area contributed by atoms with Crippen LogP contribution in [0.3, 0.4) is 0 Å². The van der Waals surface area contributed by atoms with E-state index < -0.39 is 11.9 Å². The number of hydrogen-bond acceptors (Lipinski definition) is 5. The minimum atomic E-state index is -0.563. The average molecular weight is 348 g/mol. The molecule has 1 aromatic carbocycles. The van der Waals surface area contributed by atoms with Crippen LogP contribution in [-0.2, 0) is 14.4 Å². The van der Waals surface area contributed by atoms with Gasteiger partial charge in [-0.05, 0) is 37.5 Å². The molecule has 1 atom stereocenters. The van der Waals surface area contributed by atoms with Gasteiger partial charge in [0.1, 0.15) is 11.8 Å². The first kappa shape index (κ1) is 18.7. The Kier molecular flexibility index (Phi) is 6.35. The van der Waals surface area contributed by atoms with Crippen LogP contribution in [0.4, 0.5) is 5.69 Å². The fraction of sp³-hybridized carbons (Fsp3) is 0.471. The maximum absolute atomic E-state index is 12.6. The normalized spacial score (nSPS) is 16.4. The Morgan fingerprint density at radius 1 is 1.36 bits per heavy atom. The highest BCUT2D eigenvalue weighted by Crippen LogP contribution is 2.27. The van der Waals surface area contributed by atoms with Gasteiger partial charge in [-0.25, -0.2) is 0 Å². The third-order valence-corrected chi connectivity index (χ3v) is 4.11. The molecular formula is C17H24N4O4. The summed E-state index contributed by atoms with van der Waals surface area (Å²) in [6.45, 7) is 2.07. The van der Waals surface area contributed by atoms with Gasteiger partial charge in [-0.1, -0.05) is 6.07 Å². The van der Waals surface area contributed by atoms with Gasteiger partial charge in [-0.15, -0.1) is 0 Å². The molecule has 4 N–H and O–H groups in total. The van der Waals surface area contributed by atoms with Gasteiger partial charge < -0.3 is 26.0 Å². The number of carbonyl (C=O) groups is 3. The third kappa shape index (κ3) is 4.69. The zero-order valence-corrected chi connectivity index (χ0v) is 14.5. The first-order valence-electron chi connectivity index (χ1n) is 8.18. The summed E-state index contributed by atoms with van der Waals surface area (Å²) in [7, 11) is 1.53. The number of carbonyl (C=O) groups excluding carboxylic acids is 3. The number of rotatable bonds is 6. The zero-order chi connectivity index (χ0) is 18.4. The molecule has 25 heavy (non-hydrogen) atoms. The van der Waals surface area contributed by atoms with E-state index in [1.165, 1.54) is 12.0 Å². The average Bonchev–Trinajstić information content (AvgIpc) is 3.09. The van der Waals surface area contributed by atoms with E-state index in [1.54, 1.807) is 6.07 Å². The topological polar surface area (TPSA) is 114 Å². The fourth-order valence-corrected chi connectivity index (χ4v) is 2.82. The number of nitrogens with one attached hydrogen (secondary N) is 2. The molecule has 0 aromatic heterocycles. The second kappa shape index (κ2) is 8.48. The number of benzene rings is 1. The quantitative estimate of drug-likeness (QED) is 0.670. The summed E-state index contributed by atoms with van der Waals surface area (Å²) >= 11 is 0. The Bertz CT molecular complexity index is 662. The Morgan fingerprint density at radius 3 is 2.80 bits per heavy atom. The summed E-state index contributed by atoms with van der Waals surface area (Å²) in [6.07, 6.45) is 1.32. The molecule has 1 aromatic rings. The first-order chi connectivity index (χ1) is 12.0. The lowest BCUT2D eigenvalue weighted by Crippen LogP contribution is -2.47. The van der Waals surface area contributed by atoms with E-state index in [0.29, 0.717) is 24.4 Å². The lowest BCUT2D eigenvalue weighted by Gasteiger charge is -2.24. The maximum Gasteiger partial charge on any atom is 0.247 e. The molecule has 8 nitrogen and oxygen atoms in total. The number of hydrogen-bond donors (Lipinski definition) is 3. The van der Waals surface area contributed by atoms with Gasteiger partial charge >= 0.3 is 0 Å². The molecule has 8 heteroatoms. The molecule has 1 fully saturated rings. The number of likely N-dealkylation sites (tertiary alicyclic amines) is 1. The second-order valence-corrected chi connectivity index (χ2v) is 5.92. The van der Waals surface area contributed by atoms with Gasteiger partial charge in [0, 0.05) is 6.54 Å². The number of anilines is 1. The summed E-state index contributed by atoms with van der Waals surface area (Å²) in [5, 5.41) is 5.28. The Labute approximate surface area is 146 Å². The van der Waals surface area contributed by atoms with Crippen LogP contribution >= 0.6 is 0 Å². The molecular weight excluding hydrogens is 324 g/mol. The summed E-state index contributed by atoms with van der Waals surface area (Å²) in [5.74, 6) is -0.404. The van der Waals surface area contributed by atoms with Crippen LogP contribution in [0.1, 0.15) is 18.4 Å². The van der Waals surface area contributed by atoms with Gasteiger partial charge in [0.05, 0.1) is 25.9 Å². The Hall–Kier alpha value is -2.61. The van der Waals surface area contributed by atoms with E-state index in [0.717, 1.165) is 12.0 Å².